The zero-order valence-electron chi connectivity index (χ0n) is 11.8. The fraction of sp³-hybridized carbons (Fsp3) is 0.188. The summed E-state index contributed by atoms with van der Waals surface area (Å²) in [5.41, 5.74) is 9.02. The fourth-order valence-corrected chi connectivity index (χ4v) is 2.05. The van der Waals surface area contributed by atoms with Gasteiger partial charge in [-0.2, -0.15) is 0 Å². The Balaban J connectivity index is 2.07. The molecule has 1 amide bonds. The van der Waals surface area contributed by atoms with Crippen LogP contribution in [0.3, 0.4) is 0 Å². The topological polar surface area (TPSA) is 58.4 Å². The molecule has 0 aliphatic carbocycles. The highest BCUT2D eigenvalue weighted by molar-refractivity contribution is 5.95. The summed E-state index contributed by atoms with van der Waals surface area (Å²) >= 11 is 0. The maximum atomic E-state index is 12.1. The standard InChI is InChI=1S/C16H19N3O/c1-19(2)15-9-4-3-6-13(15)11-18-16(20)12-7-5-8-14(17)10-12/h3-10H,11,17H2,1-2H3,(H,18,20). The van der Waals surface area contributed by atoms with Crippen molar-refractivity contribution in [3.63, 3.8) is 0 Å². The second-order valence-electron chi connectivity index (χ2n) is 4.83. The van der Waals surface area contributed by atoms with E-state index in [2.05, 4.69) is 5.32 Å². The predicted octanol–water partition coefficient (Wildman–Crippen LogP) is 2.26. The number of rotatable bonds is 4. The molecule has 0 radical (unpaired) electrons. The van der Waals surface area contributed by atoms with Crippen molar-refractivity contribution < 1.29 is 4.79 Å². The van der Waals surface area contributed by atoms with Gasteiger partial charge in [0.25, 0.3) is 5.91 Å². The number of nitrogens with two attached hydrogens (primary N) is 1. The van der Waals surface area contributed by atoms with Crippen LogP contribution in [0.1, 0.15) is 15.9 Å². The molecule has 2 aromatic carbocycles. The highest BCUT2D eigenvalue weighted by Gasteiger charge is 2.08. The van der Waals surface area contributed by atoms with Gasteiger partial charge in [0, 0.05) is 37.6 Å². The Hall–Kier alpha value is -2.49. The van der Waals surface area contributed by atoms with E-state index in [1.165, 1.54) is 0 Å². The fourth-order valence-electron chi connectivity index (χ4n) is 2.05. The number of hydrogen-bond donors (Lipinski definition) is 2. The Morgan fingerprint density at radius 2 is 1.90 bits per heavy atom. The zero-order valence-corrected chi connectivity index (χ0v) is 11.8. The van der Waals surface area contributed by atoms with E-state index in [9.17, 15) is 4.79 Å². The van der Waals surface area contributed by atoms with Crippen LogP contribution in [0.2, 0.25) is 0 Å². The lowest BCUT2D eigenvalue weighted by molar-refractivity contribution is 0.0951. The summed E-state index contributed by atoms with van der Waals surface area (Å²) in [4.78, 5) is 14.1. The highest BCUT2D eigenvalue weighted by Crippen LogP contribution is 2.17. The summed E-state index contributed by atoms with van der Waals surface area (Å²) in [6.45, 7) is 0.488. The Bertz CT molecular complexity index is 608. The van der Waals surface area contributed by atoms with E-state index in [0.717, 1.165) is 11.3 Å². The normalized spacial score (nSPS) is 10.1. The van der Waals surface area contributed by atoms with Gasteiger partial charge in [-0.05, 0) is 29.8 Å². The molecule has 0 aromatic heterocycles. The number of amides is 1. The van der Waals surface area contributed by atoms with Crippen LogP contribution in [-0.2, 0) is 6.54 Å². The quantitative estimate of drug-likeness (QED) is 0.837. The van der Waals surface area contributed by atoms with Crippen LogP contribution < -0.4 is 16.0 Å². The first-order valence-corrected chi connectivity index (χ1v) is 6.47. The molecule has 3 N–H and O–H groups in total. The van der Waals surface area contributed by atoms with E-state index in [0.29, 0.717) is 17.8 Å². The number of nitrogens with one attached hydrogen (secondary N) is 1. The summed E-state index contributed by atoms with van der Waals surface area (Å²) in [5.74, 6) is -0.120. The van der Waals surface area contributed by atoms with Crippen molar-refractivity contribution >= 4 is 17.3 Å². The molecule has 4 nitrogen and oxygen atoms in total. The lowest BCUT2D eigenvalue weighted by atomic mass is 10.1. The molecule has 0 saturated carbocycles. The van der Waals surface area contributed by atoms with Crippen LogP contribution in [0.4, 0.5) is 11.4 Å². The first-order chi connectivity index (χ1) is 9.58. The lowest BCUT2D eigenvalue weighted by Crippen LogP contribution is -2.24. The molecule has 0 atom stereocenters. The Morgan fingerprint density at radius 3 is 2.60 bits per heavy atom. The molecule has 2 rings (SSSR count). The molecule has 0 aliphatic heterocycles. The van der Waals surface area contributed by atoms with Crippen LogP contribution in [0.5, 0.6) is 0 Å². The third-order valence-corrected chi connectivity index (χ3v) is 3.06. The van der Waals surface area contributed by atoms with Crippen LogP contribution in [0.15, 0.2) is 48.5 Å². The number of hydrogen-bond acceptors (Lipinski definition) is 3. The van der Waals surface area contributed by atoms with Crippen LogP contribution >= 0.6 is 0 Å². The first-order valence-electron chi connectivity index (χ1n) is 6.47. The van der Waals surface area contributed by atoms with Crippen molar-refractivity contribution in [2.45, 2.75) is 6.54 Å². The van der Waals surface area contributed by atoms with Gasteiger partial charge in [0.05, 0.1) is 0 Å². The second kappa shape index (κ2) is 6.10. The van der Waals surface area contributed by atoms with E-state index in [-0.39, 0.29) is 5.91 Å². The smallest absolute Gasteiger partial charge is 0.251 e. The van der Waals surface area contributed by atoms with E-state index < -0.39 is 0 Å². The van der Waals surface area contributed by atoms with Crippen molar-refractivity contribution in [1.29, 1.82) is 0 Å². The van der Waals surface area contributed by atoms with E-state index >= 15 is 0 Å². The van der Waals surface area contributed by atoms with Crippen molar-refractivity contribution in [3.05, 3.63) is 59.7 Å². The van der Waals surface area contributed by atoms with Gasteiger partial charge in [0.2, 0.25) is 0 Å². The molecule has 0 bridgehead atoms. The minimum absolute atomic E-state index is 0.120. The third-order valence-electron chi connectivity index (χ3n) is 3.06. The number of para-hydroxylation sites is 1. The van der Waals surface area contributed by atoms with Gasteiger partial charge < -0.3 is 16.0 Å². The molecular weight excluding hydrogens is 250 g/mol. The molecule has 0 heterocycles. The van der Waals surface area contributed by atoms with Gasteiger partial charge in [0.15, 0.2) is 0 Å². The summed E-state index contributed by atoms with van der Waals surface area (Å²) in [7, 11) is 3.97. The number of carbonyl (C=O) groups excluding carboxylic acids is 1. The average Bonchev–Trinajstić information content (AvgIpc) is 2.45. The minimum Gasteiger partial charge on any atom is -0.399 e. The predicted molar refractivity (Wildman–Crippen MR) is 82.8 cm³/mol. The lowest BCUT2D eigenvalue weighted by Gasteiger charge is -2.17. The van der Waals surface area contributed by atoms with E-state index in [4.69, 9.17) is 5.73 Å². The zero-order chi connectivity index (χ0) is 14.5. The Kier molecular flexibility index (Phi) is 4.25. The van der Waals surface area contributed by atoms with Crippen molar-refractivity contribution in [1.82, 2.24) is 5.32 Å². The molecule has 104 valence electrons. The van der Waals surface area contributed by atoms with Crippen molar-refractivity contribution in [3.8, 4) is 0 Å². The minimum atomic E-state index is -0.120. The van der Waals surface area contributed by atoms with Gasteiger partial charge in [0.1, 0.15) is 0 Å². The molecule has 0 saturated heterocycles. The molecule has 0 unspecified atom stereocenters. The second-order valence-corrected chi connectivity index (χ2v) is 4.83. The van der Waals surface area contributed by atoms with Crippen molar-refractivity contribution in [2.24, 2.45) is 0 Å². The molecule has 0 spiro atoms. The largest absolute Gasteiger partial charge is 0.399 e. The van der Waals surface area contributed by atoms with Gasteiger partial charge in [-0.1, -0.05) is 24.3 Å². The maximum Gasteiger partial charge on any atom is 0.251 e. The molecule has 0 aliphatic rings. The average molecular weight is 269 g/mol. The number of carbonyl (C=O) groups is 1. The van der Waals surface area contributed by atoms with Gasteiger partial charge in [-0.15, -0.1) is 0 Å². The van der Waals surface area contributed by atoms with Gasteiger partial charge >= 0.3 is 0 Å². The third kappa shape index (κ3) is 3.29. The van der Waals surface area contributed by atoms with Crippen LogP contribution in [-0.4, -0.2) is 20.0 Å². The number of nitrogen functional groups attached to an aromatic ring is 1. The highest BCUT2D eigenvalue weighted by atomic mass is 16.1. The van der Waals surface area contributed by atoms with Crippen molar-refractivity contribution in [2.75, 3.05) is 24.7 Å². The van der Waals surface area contributed by atoms with Crippen LogP contribution in [0, 0.1) is 0 Å². The maximum absolute atomic E-state index is 12.1. The summed E-state index contributed by atoms with van der Waals surface area (Å²) in [6.07, 6.45) is 0. The molecule has 4 heteroatoms. The summed E-state index contributed by atoms with van der Waals surface area (Å²) < 4.78 is 0. The molecule has 2 aromatic rings. The SMILES string of the molecule is CN(C)c1ccccc1CNC(=O)c1cccc(N)c1. The number of benzene rings is 2. The van der Waals surface area contributed by atoms with Gasteiger partial charge in [-0.25, -0.2) is 0 Å². The first kappa shape index (κ1) is 13.9. The van der Waals surface area contributed by atoms with Crippen LogP contribution in [0.25, 0.3) is 0 Å². The van der Waals surface area contributed by atoms with E-state index in [1.54, 1.807) is 24.3 Å². The Labute approximate surface area is 119 Å². The monoisotopic (exact) mass is 269 g/mol. The summed E-state index contributed by atoms with van der Waals surface area (Å²) in [6, 6.07) is 15.0. The number of nitrogens with zero attached hydrogens (tertiary/aromatic N) is 1. The molecular formula is C16H19N3O. The Morgan fingerprint density at radius 1 is 1.15 bits per heavy atom. The van der Waals surface area contributed by atoms with E-state index in [1.807, 2.05) is 43.3 Å². The van der Waals surface area contributed by atoms with Gasteiger partial charge in [-0.3, -0.25) is 4.79 Å². The molecule has 20 heavy (non-hydrogen) atoms. The molecule has 0 fully saturated rings. The summed E-state index contributed by atoms with van der Waals surface area (Å²) in [5, 5.41) is 2.92. The number of anilines is 2.